The van der Waals surface area contributed by atoms with E-state index in [1.807, 2.05) is 0 Å². The lowest BCUT2D eigenvalue weighted by Gasteiger charge is -2.10. The van der Waals surface area contributed by atoms with Gasteiger partial charge in [-0.3, -0.25) is 14.4 Å². The van der Waals surface area contributed by atoms with E-state index in [0.717, 1.165) is 5.56 Å². The number of aliphatic hydroxyl groups is 1. The van der Waals surface area contributed by atoms with E-state index in [1.165, 1.54) is 0 Å². The molecule has 0 atom stereocenters. The van der Waals surface area contributed by atoms with Gasteiger partial charge in [-0.25, -0.2) is 4.79 Å². The Hall–Kier alpha value is -3.92. The van der Waals surface area contributed by atoms with E-state index in [-0.39, 0.29) is 31.3 Å². The van der Waals surface area contributed by atoms with Gasteiger partial charge in [0.25, 0.3) is 5.91 Å². The maximum atomic E-state index is 12.4. The van der Waals surface area contributed by atoms with E-state index in [4.69, 9.17) is 10.8 Å². The van der Waals surface area contributed by atoms with Crippen molar-refractivity contribution in [2.75, 3.05) is 23.8 Å². The van der Waals surface area contributed by atoms with Crippen molar-refractivity contribution < 1.29 is 24.3 Å². The van der Waals surface area contributed by atoms with E-state index in [0.29, 0.717) is 16.9 Å². The van der Waals surface area contributed by atoms with Crippen LogP contribution in [0.5, 0.6) is 0 Å². The minimum absolute atomic E-state index is 0.0410. The van der Waals surface area contributed by atoms with Crippen molar-refractivity contribution in [3.8, 4) is 0 Å². The van der Waals surface area contributed by atoms with Gasteiger partial charge in [-0.2, -0.15) is 0 Å². The molecule has 7 N–H and O–H groups in total. The first kappa shape index (κ1) is 22.4. The number of nitrogens with one attached hydrogen (secondary N) is 4. The lowest BCUT2D eigenvalue weighted by atomic mass is 10.1. The molecule has 0 aliphatic carbocycles. The van der Waals surface area contributed by atoms with Crippen molar-refractivity contribution >= 4 is 35.1 Å². The fourth-order valence-corrected chi connectivity index (χ4v) is 2.44. The maximum Gasteiger partial charge on any atom is 0.312 e. The third-order valence-electron chi connectivity index (χ3n) is 3.90. The number of rotatable bonds is 9. The Labute approximate surface area is 172 Å². The van der Waals surface area contributed by atoms with Crippen molar-refractivity contribution in [3.05, 3.63) is 59.7 Å². The van der Waals surface area contributed by atoms with Crippen molar-refractivity contribution in [1.82, 2.24) is 10.6 Å². The number of carbonyl (C=O) groups excluding carboxylic acids is 4. The Kier molecular flexibility index (Phi) is 8.33. The van der Waals surface area contributed by atoms with Crippen LogP contribution in [0.3, 0.4) is 0 Å². The summed E-state index contributed by atoms with van der Waals surface area (Å²) < 4.78 is 0. The maximum absolute atomic E-state index is 12.4. The van der Waals surface area contributed by atoms with E-state index in [1.54, 1.807) is 48.5 Å². The quantitative estimate of drug-likeness (QED) is 0.353. The van der Waals surface area contributed by atoms with Gasteiger partial charge in [0, 0.05) is 36.4 Å². The van der Waals surface area contributed by atoms with Crippen LogP contribution in [0.2, 0.25) is 0 Å². The van der Waals surface area contributed by atoms with Crippen LogP contribution in [-0.2, 0) is 16.1 Å². The number of benzene rings is 2. The summed E-state index contributed by atoms with van der Waals surface area (Å²) in [4.78, 5) is 46.0. The van der Waals surface area contributed by atoms with E-state index in [9.17, 15) is 19.2 Å². The van der Waals surface area contributed by atoms with Crippen LogP contribution in [-0.4, -0.2) is 42.0 Å². The summed E-state index contributed by atoms with van der Waals surface area (Å²) in [7, 11) is 0. The fourth-order valence-electron chi connectivity index (χ4n) is 2.44. The largest absolute Gasteiger partial charge is 0.387 e. The number of hydrogen-bond donors (Lipinski definition) is 6. The van der Waals surface area contributed by atoms with Crippen LogP contribution >= 0.6 is 0 Å². The van der Waals surface area contributed by atoms with Gasteiger partial charge in [-0.1, -0.05) is 18.2 Å². The summed E-state index contributed by atoms with van der Waals surface area (Å²) in [6.07, 6.45) is 0.0410. The lowest BCUT2D eigenvalue weighted by molar-refractivity contribution is -0.123. The molecule has 0 heterocycles. The van der Waals surface area contributed by atoms with Gasteiger partial charge in [0.1, 0.15) is 6.61 Å². The molecule has 0 saturated heterocycles. The summed E-state index contributed by atoms with van der Waals surface area (Å²) in [5.74, 6) is -1.21. The molecule has 2 aromatic rings. The van der Waals surface area contributed by atoms with Gasteiger partial charge >= 0.3 is 6.03 Å². The third-order valence-corrected chi connectivity index (χ3v) is 3.90. The molecule has 0 aliphatic rings. The number of hydrogen-bond acceptors (Lipinski definition) is 5. The molecule has 30 heavy (non-hydrogen) atoms. The lowest BCUT2D eigenvalue weighted by Crippen LogP contribution is -2.29. The molecule has 0 fully saturated rings. The molecular formula is C20H23N5O5. The summed E-state index contributed by atoms with van der Waals surface area (Å²) in [5, 5.41) is 18.9. The van der Waals surface area contributed by atoms with Gasteiger partial charge in [0.2, 0.25) is 11.8 Å². The molecule has 5 amide bonds. The number of urea groups is 1. The molecule has 0 aliphatic heterocycles. The van der Waals surface area contributed by atoms with Crippen LogP contribution in [0.4, 0.5) is 16.2 Å². The molecule has 0 aromatic heterocycles. The highest BCUT2D eigenvalue weighted by molar-refractivity contribution is 6.04. The molecule has 0 spiro atoms. The molecule has 0 saturated carbocycles. The summed E-state index contributed by atoms with van der Waals surface area (Å²) in [5.41, 5.74) is 7.22. The molecule has 2 rings (SSSR count). The normalized spacial score (nSPS) is 10.0. The van der Waals surface area contributed by atoms with Gasteiger partial charge < -0.3 is 32.1 Å². The zero-order chi connectivity index (χ0) is 21.9. The summed E-state index contributed by atoms with van der Waals surface area (Å²) >= 11 is 0. The topological polar surface area (TPSA) is 163 Å². The molecule has 2 aromatic carbocycles. The standard InChI is InChI=1S/C20H23N5O5/c21-20(30)23-11-13-4-6-14(7-5-13)19(29)25-16-3-1-2-15(10-16)24-17(27)8-9-22-18(28)12-26/h1-7,10,26H,8-9,11-12H2,(H,22,28)(H,24,27)(H,25,29)(H3,21,23,30). The Balaban J connectivity index is 1.89. The van der Waals surface area contributed by atoms with Crippen molar-refractivity contribution in [1.29, 1.82) is 0 Å². The SMILES string of the molecule is NC(=O)NCc1ccc(C(=O)Nc2cccc(NC(=O)CCNC(=O)CO)c2)cc1. The van der Waals surface area contributed by atoms with Crippen LogP contribution < -0.4 is 27.0 Å². The van der Waals surface area contributed by atoms with Crippen LogP contribution in [0.25, 0.3) is 0 Å². The number of amides is 5. The second kappa shape index (κ2) is 11.2. The average molecular weight is 413 g/mol. The molecule has 0 bridgehead atoms. The van der Waals surface area contributed by atoms with Crippen molar-refractivity contribution in [3.63, 3.8) is 0 Å². The Morgan fingerprint density at radius 3 is 2.17 bits per heavy atom. The minimum Gasteiger partial charge on any atom is -0.387 e. The molecular weight excluding hydrogens is 390 g/mol. The van der Waals surface area contributed by atoms with Crippen LogP contribution in [0, 0.1) is 0 Å². The fraction of sp³-hybridized carbons (Fsp3) is 0.200. The molecule has 0 radical (unpaired) electrons. The smallest absolute Gasteiger partial charge is 0.312 e. The summed E-state index contributed by atoms with van der Waals surface area (Å²) in [6.45, 7) is -0.258. The predicted molar refractivity (Wildman–Crippen MR) is 111 cm³/mol. The Morgan fingerprint density at radius 2 is 1.53 bits per heavy atom. The average Bonchev–Trinajstić information content (AvgIpc) is 2.72. The van der Waals surface area contributed by atoms with Crippen molar-refractivity contribution in [2.24, 2.45) is 5.73 Å². The van der Waals surface area contributed by atoms with Crippen molar-refractivity contribution in [2.45, 2.75) is 13.0 Å². The number of nitrogens with two attached hydrogens (primary N) is 1. The van der Waals surface area contributed by atoms with Gasteiger partial charge in [-0.05, 0) is 35.9 Å². The Morgan fingerprint density at radius 1 is 0.867 bits per heavy atom. The second-order valence-electron chi connectivity index (χ2n) is 6.26. The first-order chi connectivity index (χ1) is 14.4. The number of aliphatic hydroxyl groups excluding tert-OH is 1. The van der Waals surface area contributed by atoms with Gasteiger partial charge in [0.05, 0.1) is 0 Å². The first-order valence-electron chi connectivity index (χ1n) is 9.08. The molecule has 10 heteroatoms. The molecule has 158 valence electrons. The third kappa shape index (κ3) is 7.60. The number of primary amides is 1. The molecule has 0 unspecified atom stereocenters. The predicted octanol–water partition coefficient (Wildman–Crippen LogP) is 0.544. The van der Waals surface area contributed by atoms with E-state index < -0.39 is 18.5 Å². The zero-order valence-electron chi connectivity index (χ0n) is 16.1. The molecule has 10 nitrogen and oxygen atoms in total. The monoisotopic (exact) mass is 413 g/mol. The summed E-state index contributed by atoms with van der Waals surface area (Å²) in [6, 6.07) is 12.7. The Bertz CT molecular complexity index is 914. The minimum atomic E-state index is -0.629. The van der Waals surface area contributed by atoms with E-state index in [2.05, 4.69) is 21.3 Å². The highest BCUT2D eigenvalue weighted by atomic mass is 16.3. The zero-order valence-corrected chi connectivity index (χ0v) is 16.1. The second-order valence-corrected chi connectivity index (χ2v) is 6.26. The number of anilines is 2. The first-order valence-corrected chi connectivity index (χ1v) is 9.08. The highest BCUT2D eigenvalue weighted by Gasteiger charge is 2.08. The number of carbonyl (C=O) groups is 4. The van der Waals surface area contributed by atoms with E-state index >= 15 is 0 Å². The van der Waals surface area contributed by atoms with Gasteiger partial charge in [-0.15, -0.1) is 0 Å². The van der Waals surface area contributed by atoms with Crippen LogP contribution in [0.1, 0.15) is 22.3 Å². The van der Waals surface area contributed by atoms with Crippen LogP contribution in [0.15, 0.2) is 48.5 Å². The van der Waals surface area contributed by atoms with Gasteiger partial charge in [0.15, 0.2) is 0 Å². The highest BCUT2D eigenvalue weighted by Crippen LogP contribution is 2.16.